The molecule has 1 aromatic heterocycles. The molecule has 2 heterocycles. The molecular formula is C27H34OS2. The Morgan fingerprint density at radius 2 is 1.67 bits per heavy atom. The van der Waals surface area contributed by atoms with Gasteiger partial charge in [0.25, 0.3) is 0 Å². The Balaban J connectivity index is 1.66. The van der Waals surface area contributed by atoms with Crippen molar-refractivity contribution < 1.29 is 4.42 Å². The van der Waals surface area contributed by atoms with E-state index in [4.69, 9.17) is 4.42 Å². The van der Waals surface area contributed by atoms with Crippen LogP contribution in [0.1, 0.15) is 67.3 Å². The molecule has 1 saturated carbocycles. The van der Waals surface area contributed by atoms with Gasteiger partial charge in [-0.2, -0.15) is 0 Å². The third-order valence-corrected chi connectivity index (χ3v) is 12.4. The number of allylic oxidation sites excluding steroid dienone is 1. The number of hydrogen-bond acceptors (Lipinski definition) is 3. The van der Waals surface area contributed by atoms with Crippen LogP contribution in [-0.2, 0) is 11.8 Å². The quantitative estimate of drug-likeness (QED) is 0.454. The van der Waals surface area contributed by atoms with E-state index in [1.165, 1.54) is 59.4 Å². The molecule has 2 aromatic rings. The van der Waals surface area contributed by atoms with Gasteiger partial charge >= 0.3 is 0 Å². The van der Waals surface area contributed by atoms with Crippen LogP contribution in [0.25, 0.3) is 0 Å². The third kappa shape index (κ3) is 2.84. The first-order chi connectivity index (χ1) is 14.3. The maximum absolute atomic E-state index is 5.69. The van der Waals surface area contributed by atoms with E-state index in [0.717, 1.165) is 6.42 Å². The van der Waals surface area contributed by atoms with Gasteiger partial charge in [-0.15, -0.1) is 23.5 Å². The van der Waals surface area contributed by atoms with E-state index >= 15 is 0 Å². The number of aryl methyl sites for hydroxylation is 3. The number of thioether (sulfide) groups is 2. The molecule has 2 fully saturated rings. The molecule has 2 aliphatic carbocycles. The molecule has 0 N–H and O–H groups in total. The molecule has 30 heavy (non-hydrogen) atoms. The van der Waals surface area contributed by atoms with Crippen molar-refractivity contribution in [2.24, 2.45) is 5.41 Å². The van der Waals surface area contributed by atoms with Crippen LogP contribution in [-0.4, -0.2) is 15.6 Å². The van der Waals surface area contributed by atoms with Crippen LogP contribution in [0.5, 0.6) is 0 Å². The van der Waals surface area contributed by atoms with Crippen LogP contribution in [0, 0.1) is 26.2 Å². The van der Waals surface area contributed by atoms with Gasteiger partial charge in [0.2, 0.25) is 0 Å². The SMILES string of the molecule is CC1=C2CCC(Cc3c(C)cc(C)cc3C)(c3ccoc3)[C@]2(C)CCC12SCCS2. The lowest BCUT2D eigenvalue weighted by Crippen LogP contribution is -2.46. The second kappa shape index (κ2) is 7.24. The Labute approximate surface area is 190 Å². The van der Waals surface area contributed by atoms with Crippen molar-refractivity contribution in [1.29, 1.82) is 0 Å². The molecule has 160 valence electrons. The summed E-state index contributed by atoms with van der Waals surface area (Å²) in [5.41, 5.74) is 11.0. The first-order valence-electron chi connectivity index (χ1n) is 11.4. The van der Waals surface area contributed by atoms with Crippen LogP contribution in [0.4, 0.5) is 0 Å². The Bertz CT molecular complexity index is 973. The molecule has 3 aliphatic rings. The van der Waals surface area contributed by atoms with E-state index < -0.39 is 0 Å². The van der Waals surface area contributed by atoms with E-state index in [2.05, 4.69) is 76.3 Å². The average Bonchev–Trinajstić information content (AvgIpc) is 3.43. The standard InChI is InChI=1S/C27H34OS2/c1-18-14-19(2)23(20(3)15-18)16-26(22-7-11-28-17-22)8-6-24-21(4)27(29-12-13-30-27)10-9-25(24,26)5/h7,11,14-15,17H,6,8-10,12-13,16H2,1-5H3/t25-,26?/m1/s1. The fraction of sp³-hybridized carbons (Fsp3) is 0.556. The van der Waals surface area contributed by atoms with E-state index in [-0.39, 0.29) is 10.8 Å². The maximum Gasteiger partial charge on any atom is 0.0940 e. The largest absolute Gasteiger partial charge is 0.472 e. The zero-order chi connectivity index (χ0) is 21.1. The summed E-state index contributed by atoms with van der Waals surface area (Å²) >= 11 is 4.43. The van der Waals surface area contributed by atoms with Crippen LogP contribution < -0.4 is 0 Å². The second-order valence-corrected chi connectivity index (χ2v) is 13.1. The summed E-state index contributed by atoms with van der Waals surface area (Å²) in [4.78, 5) is 0. The normalized spacial score (nSPS) is 30.3. The van der Waals surface area contributed by atoms with Gasteiger partial charge in [-0.25, -0.2) is 0 Å². The second-order valence-electron chi connectivity index (χ2n) is 10.0. The highest BCUT2D eigenvalue weighted by Crippen LogP contribution is 2.68. The molecule has 1 saturated heterocycles. The molecule has 0 bridgehead atoms. The first kappa shape index (κ1) is 20.8. The summed E-state index contributed by atoms with van der Waals surface area (Å²) in [6.45, 7) is 11.9. The Morgan fingerprint density at radius 1 is 0.967 bits per heavy atom. The molecular weight excluding hydrogens is 404 g/mol. The van der Waals surface area contributed by atoms with Gasteiger partial charge in [0.15, 0.2) is 0 Å². The number of furan rings is 1. The summed E-state index contributed by atoms with van der Waals surface area (Å²) in [7, 11) is 0. The molecule has 1 spiro atoms. The molecule has 2 atom stereocenters. The maximum atomic E-state index is 5.69. The zero-order valence-electron chi connectivity index (χ0n) is 19.1. The van der Waals surface area contributed by atoms with E-state index in [1.807, 2.05) is 12.5 Å². The molecule has 0 radical (unpaired) electrons. The molecule has 5 rings (SSSR count). The van der Waals surface area contributed by atoms with Gasteiger partial charge in [-0.3, -0.25) is 0 Å². The van der Waals surface area contributed by atoms with E-state index in [1.54, 1.807) is 16.7 Å². The summed E-state index contributed by atoms with van der Waals surface area (Å²) in [6, 6.07) is 6.99. The van der Waals surface area contributed by atoms with Crippen molar-refractivity contribution in [2.75, 3.05) is 11.5 Å². The number of rotatable bonds is 3. The summed E-state index contributed by atoms with van der Waals surface area (Å²) < 4.78 is 6.05. The summed E-state index contributed by atoms with van der Waals surface area (Å²) in [5.74, 6) is 2.61. The Kier molecular flexibility index (Phi) is 5.02. The van der Waals surface area contributed by atoms with Gasteiger partial charge in [-0.05, 0) is 99.1 Å². The lowest BCUT2D eigenvalue weighted by molar-refractivity contribution is 0.182. The highest BCUT2D eigenvalue weighted by atomic mass is 32.2. The lowest BCUT2D eigenvalue weighted by Gasteiger charge is -2.51. The van der Waals surface area contributed by atoms with Gasteiger partial charge in [0.1, 0.15) is 0 Å². The fourth-order valence-corrected chi connectivity index (χ4v) is 10.3. The van der Waals surface area contributed by atoms with E-state index in [9.17, 15) is 0 Å². The van der Waals surface area contributed by atoms with Crippen molar-refractivity contribution in [2.45, 2.75) is 76.2 Å². The van der Waals surface area contributed by atoms with Crippen LogP contribution in [0.2, 0.25) is 0 Å². The van der Waals surface area contributed by atoms with Crippen molar-refractivity contribution in [3.8, 4) is 0 Å². The van der Waals surface area contributed by atoms with Gasteiger partial charge < -0.3 is 4.42 Å². The number of hydrogen-bond donors (Lipinski definition) is 0. The minimum absolute atomic E-state index is 0.122. The summed E-state index contributed by atoms with van der Waals surface area (Å²) in [6.07, 6.45) is 10.1. The van der Waals surface area contributed by atoms with Crippen LogP contribution in [0.15, 0.2) is 46.3 Å². The fourth-order valence-electron chi connectivity index (χ4n) is 6.99. The van der Waals surface area contributed by atoms with Gasteiger partial charge in [-0.1, -0.05) is 30.2 Å². The minimum Gasteiger partial charge on any atom is -0.472 e. The summed E-state index contributed by atoms with van der Waals surface area (Å²) in [5, 5.41) is 0. The molecule has 1 nitrogen and oxygen atoms in total. The molecule has 0 amide bonds. The average molecular weight is 439 g/mol. The highest BCUT2D eigenvalue weighted by molar-refractivity contribution is 8.21. The predicted octanol–water partition coefficient (Wildman–Crippen LogP) is 7.77. The molecule has 1 aliphatic heterocycles. The Morgan fingerprint density at radius 3 is 2.30 bits per heavy atom. The van der Waals surface area contributed by atoms with E-state index in [0.29, 0.717) is 4.08 Å². The van der Waals surface area contributed by atoms with Crippen molar-refractivity contribution in [3.63, 3.8) is 0 Å². The smallest absolute Gasteiger partial charge is 0.0940 e. The lowest BCUT2D eigenvalue weighted by atomic mass is 9.55. The zero-order valence-corrected chi connectivity index (χ0v) is 20.7. The van der Waals surface area contributed by atoms with Crippen molar-refractivity contribution >= 4 is 23.5 Å². The Hall–Kier alpha value is -1.06. The van der Waals surface area contributed by atoms with Gasteiger partial charge in [0, 0.05) is 16.9 Å². The van der Waals surface area contributed by atoms with Crippen LogP contribution in [0.3, 0.4) is 0 Å². The minimum atomic E-state index is 0.122. The number of fused-ring (bicyclic) bond motifs is 1. The molecule has 3 heteroatoms. The first-order valence-corrected chi connectivity index (χ1v) is 13.4. The monoisotopic (exact) mass is 438 g/mol. The van der Waals surface area contributed by atoms with Gasteiger partial charge in [0.05, 0.1) is 16.6 Å². The topological polar surface area (TPSA) is 13.1 Å². The van der Waals surface area contributed by atoms with Crippen molar-refractivity contribution in [3.05, 3.63) is 69.7 Å². The van der Waals surface area contributed by atoms with Crippen LogP contribution >= 0.6 is 23.5 Å². The molecule has 1 unspecified atom stereocenters. The van der Waals surface area contributed by atoms with Crippen molar-refractivity contribution in [1.82, 2.24) is 0 Å². The predicted molar refractivity (Wildman–Crippen MR) is 132 cm³/mol. The third-order valence-electron chi connectivity index (χ3n) is 8.65. The highest BCUT2D eigenvalue weighted by Gasteiger charge is 2.60. The molecule has 1 aromatic carbocycles. The number of benzene rings is 1.